The Hall–Kier alpha value is -1.84. The first-order valence-corrected chi connectivity index (χ1v) is 6.97. The van der Waals surface area contributed by atoms with Crippen molar-refractivity contribution >= 4 is 29.6 Å². The van der Waals surface area contributed by atoms with E-state index in [1.807, 2.05) is 30.3 Å². The fourth-order valence-electron chi connectivity index (χ4n) is 1.44. The monoisotopic (exact) mass is 309 g/mol. The number of methoxy groups -OCH3 is 1. The number of nitro benzene ring substituents is 1. The molecule has 0 saturated heterocycles. The fraction of sp³-hybridized carbons (Fsp3) is 0.0769. The second-order valence-electron chi connectivity index (χ2n) is 3.53. The van der Waals surface area contributed by atoms with E-state index < -0.39 is 0 Å². The Morgan fingerprint density at radius 3 is 2.44 bits per heavy atom. The van der Waals surface area contributed by atoms with Crippen molar-refractivity contribution in [1.29, 1.82) is 0 Å². The van der Waals surface area contributed by atoms with Gasteiger partial charge in [0.15, 0.2) is 0 Å². The summed E-state index contributed by atoms with van der Waals surface area (Å²) >= 11 is 0.0677. The third kappa shape index (κ3) is 3.09. The summed E-state index contributed by atoms with van der Waals surface area (Å²) in [5, 5.41) is 10.7. The zero-order valence-electron chi connectivity index (χ0n) is 9.70. The molecule has 0 unspecified atom stereocenters. The molecule has 0 aliphatic carbocycles. The van der Waals surface area contributed by atoms with Gasteiger partial charge in [-0.1, -0.05) is 0 Å². The topological polar surface area (TPSA) is 52.4 Å². The Morgan fingerprint density at radius 1 is 1.11 bits per heavy atom. The zero-order valence-corrected chi connectivity index (χ0v) is 11.4. The van der Waals surface area contributed by atoms with Crippen molar-refractivity contribution in [2.75, 3.05) is 7.11 Å². The predicted octanol–water partition coefficient (Wildman–Crippen LogP) is 1.26. The summed E-state index contributed by atoms with van der Waals surface area (Å²) in [6.07, 6.45) is 0. The van der Waals surface area contributed by atoms with Crippen LogP contribution >= 0.6 is 0 Å². The van der Waals surface area contributed by atoms with E-state index in [-0.39, 0.29) is 25.6 Å². The van der Waals surface area contributed by atoms with Crippen LogP contribution in [-0.4, -0.2) is 27.0 Å². The maximum atomic E-state index is 10.7. The van der Waals surface area contributed by atoms with Crippen LogP contribution in [0.2, 0.25) is 0 Å². The van der Waals surface area contributed by atoms with Crippen LogP contribution < -0.4 is 13.7 Å². The van der Waals surface area contributed by atoms with Crippen molar-refractivity contribution in [3.05, 3.63) is 58.6 Å². The van der Waals surface area contributed by atoms with Crippen LogP contribution in [0.1, 0.15) is 0 Å². The van der Waals surface area contributed by atoms with Crippen LogP contribution in [0.25, 0.3) is 0 Å². The van der Waals surface area contributed by atoms with E-state index in [1.165, 1.54) is 6.07 Å². The third-order valence-corrected chi connectivity index (χ3v) is 4.42. The van der Waals surface area contributed by atoms with E-state index in [0.29, 0.717) is 0 Å². The van der Waals surface area contributed by atoms with Crippen molar-refractivity contribution in [1.82, 2.24) is 0 Å². The molecule has 0 saturated carbocycles. The van der Waals surface area contributed by atoms with Crippen molar-refractivity contribution in [2.24, 2.45) is 0 Å². The van der Waals surface area contributed by atoms with Crippen molar-refractivity contribution < 1.29 is 9.66 Å². The van der Waals surface area contributed by atoms with Gasteiger partial charge in [-0.25, -0.2) is 0 Å². The SMILES string of the molecule is COc1ccc([Se]c2cccc([N+](=O)[O-])c2)cc1. The van der Waals surface area contributed by atoms with Gasteiger partial charge < -0.3 is 0 Å². The number of rotatable bonds is 4. The molecule has 4 nitrogen and oxygen atoms in total. The molecule has 2 aromatic carbocycles. The van der Waals surface area contributed by atoms with Crippen LogP contribution in [0.15, 0.2) is 48.5 Å². The van der Waals surface area contributed by atoms with Crippen molar-refractivity contribution in [3.63, 3.8) is 0 Å². The molecule has 0 spiro atoms. The molecule has 0 N–H and O–H groups in total. The molecule has 2 aromatic rings. The number of hydrogen-bond acceptors (Lipinski definition) is 3. The van der Waals surface area contributed by atoms with Crippen LogP contribution in [0.4, 0.5) is 5.69 Å². The minimum atomic E-state index is -0.367. The Kier molecular flexibility index (Phi) is 3.97. The standard InChI is InChI=1S/C13H11NO3Se/c1-17-11-5-7-12(8-6-11)18-13-4-2-3-10(9-13)14(15)16/h2-9H,1H3. The average Bonchev–Trinajstić information content (AvgIpc) is 2.40. The Morgan fingerprint density at radius 2 is 1.83 bits per heavy atom. The number of hydrogen-bond donors (Lipinski definition) is 0. The third-order valence-electron chi connectivity index (χ3n) is 2.32. The molecular formula is C13H11NO3Se. The van der Waals surface area contributed by atoms with Gasteiger partial charge in [0.2, 0.25) is 0 Å². The summed E-state index contributed by atoms with van der Waals surface area (Å²) in [6, 6.07) is 14.5. The van der Waals surface area contributed by atoms with E-state index in [1.54, 1.807) is 19.2 Å². The van der Waals surface area contributed by atoms with Gasteiger partial charge in [0, 0.05) is 0 Å². The molecule has 0 bridgehead atoms. The van der Waals surface area contributed by atoms with Crippen molar-refractivity contribution in [3.8, 4) is 5.75 Å². The maximum absolute atomic E-state index is 10.7. The van der Waals surface area contributed by atoms with Gasteiger partial charge in [-0.05, 0) is 0 Å². The van der Waals surface area contributed by atoms with Crippen LogP contribution in [0.5, 0.6) is 5.75 Å². The molecule has 0 heterocycles. The summed E-state index contributed by atoms with van der Waals surface area (Å²) in [5.41, 5.74) is 0.142. The molecule has 18 heavy (non-hydrogen) atoms. The second kappa shape index (κ2) is 5.67. The van der Waals surface area contributed by atoms with E-state index in [2.05, 4.69) is 0 Å². The summed E-state index contributed by atoms with van der Waals surface area (Å²) in [5.74, 6) is 0.814. The molecule has 0 amide bonds. The molecule has 92 valence electrons. The molecular weight excluding hydrogens is 297 g/mol. The second-order valence-corrected chi connectivity index (χ2v) is 5.94. The first kappa shape index (κ1) is 12.6. The van der Waals surface area contributed by atoms with Gasteiger partial charge in [0.05, 0.1) is 0 Å². The van der Waals surface area contributed by atoms with Gasteiger partial charge in [-0.15, -0.1) is 0 Å². The van der Waals surface area contributed by atoms with Crippen molar-refractivity contribution in [2.45, 2.75) is 0 Å². The van der Waals surface area contributed by atoms with E-state index in [4.69, 9.17) is 4.74 Å². The Balaban J connectivity index is 2.17. The predicted molar refractivity (Wildman–Crippen MR) is 71.1 cm³/mol. The van der Waals surface area contributed by atoms with E-state index in [9.17, 15) is 10.1 Å². The summed E-state index contributed by atoms with van der Waals surface area (Å²) in [6.45, 7) is 0. The first-order valence-electron chi connectivity index (χ1n) is 5.25. The van der Waals surface area contributed by atoms with Gasteiger partial charge in [-0.2, -0.15) is 0 Å². The summed E-state index contributed by atoms with van der Waals surface area (Å²) in [4.78, 5) is 10.3. The van der Waals surface area contributed by atoms with Crippen LogP contribution in [-0.2, 0) is 0 Å². The number of benzene rings is 2. The normalized spacial score (nSPS) is 10.1. The number of non-ortho nitro benzene ring substituents is 1. The molecule has 0 aliphatic rings. The van der Waals surface area contributed by atoms with Crippen LogP contribution in [0.3, 0.4) is 0 Å². The molecule has 2 rings (SSSR count). The van der Waals surface area contributed by atoms with Crippen LogP contribution in [0, 0.1) is 10.1 Å². The van der Waals surface area contributed by atoms with Gasteiger partial charge in [-0.3, -0.25) is 0 Å². The molecule has 0 aromatic heterocycles. The molecule has 0 aliphatic heterocycles. The number of ether oxygens (including phenoxy) is 1. The molecule has 5 heteroatoms. The van der Waals surface area contributed by atoms with E-state index in [0.717, 1.165) is 14.7 Å². The number of nitrogens with zero attached hydrogens (tertiary/aromatic N) is 1. The summed E-state index contributed by atoms with van der Waals surface area (Å²) < 4.78 is 7.23. The molecule has 0 atom stereocenters. The van der Waals surface area contributed by atoms with E-state index >= 15 is 0 Å². The summed E-state index contributed by atoms with van der Waals surface area (Å²) in [7, 11) is 1.63. The number of nitro groups is 1. The molecule has 0 radical (unpaired) electrons. The Bertz CT molecular complexity index is 554. The first-order chi connectivity index (χ1) is 8.69. The van der Waals surface area contributed by atoms with Gasteiger partial charge >= 0.3 is 111 Å². The zero-order chi connectivity index (χ0) is 13.0. The average molecular weight is 308 g/mol. The quantitative estimate of drug-likeness (QED) is 0.485. The van der Waals surface area contributed by atoms with Gasteiger partial charge in [0.25, 0.3) is 0 Å². The fourth-order valence-corrected chi connectivity index (χ4v) is 3.27. The molecule has 0 fully saturated rings. The minimum absolute atomic E-state index is 0.0677. The Labute approximate surface area is 111 Å². The van der Waals surface area contributed by atoms with Gasteiger partial charge in [0.1, 0.15) is 0 Å².